The van der Waals surface area contributed by atoms with Crippen LogP contribution in [0.4, 0.5) is 0 Å². The van der Waals surface area contributed by atoms with Gasteiger partial charge in [-0.3, -0.25) is 0 Å². The summed E-state index contributed by atoms with van der Waals surface area (Å²) in [5.41, 5.74) is 4.41. The molecule has 0 fully saturated rings. The van der Waals surface area contributed by atoms with Crippen LogP contribution >= 0.6 is 45.7 Å². The van der Waals surface area contributed by atoms with Crippen LogP contribution in [0, 0.1) is 13.8 Å². The molecule has 0 saturated carbocycles. The van der Waals surface area contributed by atoms with Crippen molar-refractivity contribution in [1.29, 1.82) is 0 Å². The average Bonchev–Trinajstić information content (AvgIpc) is 3.41. The maximum atomic E-state index is 4.53. The number of thiophene rings is 3. The predicted molar refractivity (Wildman–Crippen MR) is 117 cm³/mol. The molecule has 0 radical (unpaired) electrons. The largest absolute Gasteiger partial charge is 0.173 e. The fourth-order valence-electron chi connectivity index (χ4n) is 2.97. The van der Waals surface area contributed by atoms with Crippen LogP contribution in [0.15, 0.2) is 48.5 Å². The van der Waals surface area contributed by atoms with Crippen LogP contribution in [-0.4, -0.2) is 8.75 Å². The quantitative estimate of drug-likeness (QED) is 0.308. The summed E-state index contributed by atoms with van der Waals surface area (Å²) in [4.78, 5) is 7.93. The lowest BCUT2D eigenvalue weighted by molar-refractivity contribution is 1.48. The summed E-state index contributed by atoms with van der Waals surface area (Å²) >= 11 is 6.84. The van der Waals surface area contributed by atoms with E-state index < -0.39 is 0 Å². The van der Waals surface area contributed by atoms with Gasteiger partial charge in [0.1, 0.15) is 11.0 Å². The molecule has 0 amide bonds. The smallest absolute Gasteiger partial charge is 0.113 e. The second kappa shape index (κ2) is 6.39. The van der Waals surface area contributed by atoms with Crippen molar-refractivity contribution in [3.05, 3.63) is 59.0 Å². The zero-order valence-electron chi connectivity index (χ0n) is 14.1. The number of nitrogens with zero attached hydrogens (tertiary/aromatic N) is 2. The van der Waals surface area contributed by atoms with Crippen molar-refractivity contribution in [2.45, 2.75) is 13.8 Å². The third-order valence-corrected chi connectivity index (χ3v) is 8.45. The first-order chi connectivity index (χ1) is 12.7. The van der Waals surface area contributed by atoms with Gasteiger partial charge in [0.2, 0.25) is 0 Å². The van der Waals surface area contributed by atoms with Crippen LogP contribution in [0.1, 0.15) is 10.4 Å². The van der Waals surface area contributed by atoms with E-state index in [1.807, 2.05) is 34.0 Å². The molecule has 0 aliphatic heterocycles. The Morgan fingerprint density at radius 2 is 1.15 bits per heavy atom. The number of hydrogen-bond donors (Lipinski definition) is 0. The van der Waals surface area contributed by atoms with E-state index in [9.17, 15) is 0 Å². The molecule has 6 heteroatoms. The highest BCUT2D eigenvalue weighted by Crippen LogP contribution is 2.42. The zero-order valence-corrected chi connectivity index (χ0v) is 17.4. The van der Waals surface area contributed by atoms with Crippen LogP contribution in [0.5, 0.6) is 0 Å². The van der Waals surface area contributed by atoms with E-state index >= 15 is 0 Å². The molecule has 4 heterocycles. The zero-order chi connectivity index (χ0) is 17.7. The topological polar surface area (TPSA) is 25.8 Å². The first-order valence-electron chi connectivity index (χ1n) is 8.18. The van der Waals surface area contributed by atoms with Gasteiger partial charge in [0.15, 0.2) is 0 Å². The highest BCUT2D eigenvalue weighted by Gasteiger charge is 2.14. The van der Waals surface area contributed by atoms with E-state index in [-0.39, 0.29) is 0 Å². The maximum Gasteiger partial charge on any atom is 0.113 e. The summed E-state index contributed by atoms with van der Waals surface area (Å²) in [5, 5.41) is 0. The molecule has 0 spiro atoms. The van der Waals surface area contributed by atoms with E-state index in [0.29, 0.717) is 0 Å². The molecule has 128 valence electrons. The van der Waals surface area contributed by atoms with Gasteiger partial charge >= 0.3 is 0 Å². The van der Waals surface area contributed by atoms with E-state index in [4.69, 9.17) is 0 Å². The van der Waals surface area contributed by atoms with Gasteiger partial charge in [0, 0.05) is 34.8 Å². The number of rotatable bonds is 3. The van der Waals surface area contributed by atoms with Crippen LogP contribution < -0.4 is 0 Å². The van der Waals surface area contributed by atoms with Crippen molar-refractivity contribution < 1.29 is 0 Å². The molecular formula is C20H14N2S4. The summed E-state index contributed by atoms with van der Waals surface area (Å²) in [7, 11) is 0. The van der Waals surface area contributed by atoms with E-state index in [0.717, 1.165) is 11.0 Å². The number of aryl methyl sites for hydroxylation is 2. The molecule has 0 N–H and O–H groups in total. The molecule has 0 bridgehead atoms. The van der Waals surface area contributed by atoms with Crippen LogP contribution in [-0.2, 0) is 0 Å². The van der Waals surface area contributed by atoms with E-state index in [1.165, 1.54) is 52.1 Å². The Kier molecular flexibility index (Phi) is 4.01. The SMILES string of the molecule is Cc1ccc(-c2ccc(-c3ccc(-c4ccc(C)c5nsnc45)s3)s2)s1. The molecular weight excluding hydrogens is 397 g/mol. The monoisotopic (exact) mass is 410 g/mol. The van der Waals surface area contributed by atoms with Gasteiger partial charge in [-0.1, -0.05) is 12.1 Å². The second-order valence-electron chi connectivity index (χ2n) is 6.13. The molecule has 26 heavy (non-hydrogen) atoms. The van der Waals surface area contributed by atoms with Gasteiger partial charge in [-0.25, -0.2) is 0 Å². The minimum absolute atomic E-state index is 1.02. The van der Waals surface area contributed by atoms with Crippen molar-refractivity contribution in [2.75, 3.05) is 0 Å². The lowest BCUT2D eigenvalue weighted by Crippen LogP contribution is -1.80. The van der Waals surface area contributed by atoms with Crippen LogP contribution in [0.2, 0.25) is 0 Å². The number of hydrogen-bond acceptors (Lipinski definition) is 6. The second-order valence-corrected chi connectivity index (χ2v) is 10.1. The van der Waals surface area contributed by atoms with Gasteiger partial charge in [0.25, 0.3) is 0 Å². The summed E-state index contributed by atoms with van der Waals surface area (Å²) in [6.07, 6.45) is 0. The van der Waals surface area contributed by atoms with Gasteiger partial charge in [-0.2, -0.15) is 8.75 Å². The minimum atomic E-state index is 1.02. The molecule has 2 nitrogen and oxygen atoms in total. The molecule has 4 aromatic heterocycles. The lowest BCUT2D eigenvalue weighted by atomic mass is 10.1. The molecule has 0 saturated heterocycles. The Balaban J connectivity index is 1.53. The Hall–Kier alpha value is -1.86. The molecule has 5 aromatic rings. The molecule has 0 aliphatic carbocycles. The van der Waals surface area contributed by atoms with Crippen molar-refractivity contribution in [1.82, 2.24) is 8.75 Å². The highest BCUT2D eigenvalue weighted by atomic mass is 32.1. The first-order valence-corrected chi connectivity index (χ1v) is 11.4. The summed E-state index contributed by atoms with van der Waals surface area (Å²) < 4.78 is 8.97. The first kappa shape index (κ1) is 16.3. The van der Waals surface area contributed by atoms with Crippen molar-refractivity contribution in [3.8, 4) is 29.9 Å². The summed E-state index contributed by atoms with van der Waals surface area (Å²) in [6.45, 7) is 4.25. The summed E-state index contributed by atoms with van der Waals surface area (Å²) in [6, 6.07) is 17.6. The summed E-state index contributed by atoms with van der Waals surface area (Å²) in [5.74, 6) is 0. The maximum absolute atomic E-state index is 4.53. The molecule has 1 aromatic carbocycles. The molecule has 0 unspecified atom stereocenters. The lowest BCUT2D eigenvalue weighted by Gasteiger charge is -2.00. The van der Waals surface area contributed by atoms with Crippen LogP contribution in [0.25, 0.3) is 41.0 Å². The van der Waals surface area contributed by atoms with Crippen molar-refractivity contribution in [3.63, 3.8) is 0 Å². The van der Waals surface area contributed by atoms with Gasteiger partial charge in [0.05, 0.1) is 11.7 Å². The fourth-order valence-corrected chi connectivity index (χ4v) is 6.68. The third-order valence-electron chi connectivity index (χ3n) is 4.32. The normalized spacial score (nSPS) is 11.5. The van der Waals surface area contributed by atoms with Crippen LogP contribution in [0.3, 0.4) is 0 Å². The third kappa shape index (κ3) is 2.74. The Bertz CT molecular complexity index is 1220. The number of fused-ring (bicyclic) bond motifs is 1. The molecule has 0 aliphatic rings. The fraction of sp³-hybridized carbons (Fsp3) is 0.100. The van der Waals surface area contributed by atoms with Crippen molar-refractivity contribution >= 4 is 56.8 Å². The van der Waals surface area contributed by atoms with E-state index in [2.05, 4.69) is 71.1 Å². The number of aromatic nitrogens is 2. The van der Waals surface area contributed by atoms with E-state index in [1.54, 1.807) is 0 Å². The van der Waals surface area contributed by atoms with Gasteiger partial charge in [-0.05, 0) is 55.8 Å². The van der Waals surface area contributed by atoms with Crippen molar-refractivity contribution in [2.24, 2.45) is 0 Å². The Labute approximate surface area is 167 Å². The number of benzene rings is 1. The molecule has 0 atom stereocenters. The predicted octanol–water partition coefficient (Wildman–Crippen LogP) is 7.49. The highest BCUT2D eigenvalue weighted by molar-refractivity contribution is 7.27. The standard InChI is InChI=1S/C20H14N2S4/c1-11-3-5-13(20-19(11)21-26-22-20)14-7-8-17(24-14)18-10-9-16(25-18)15-6-4-12(2)23-15/h3-10H,1-2H3. The van der Waals surface area contributed by atoms with Gasteiger partial charge < -0.3 is 0 Å². The Morgan fingerprint density at radius 3 is 1.85 bits per heavy atom. The molecule has 5 rings (SSSR count). The minimum Gasteiger partial charge on any atom is -0.173 e. The average molecular weight is 411 g/mol. The Morgan fingerprint density at radius 1 is 0.577 bits per heavy atom. The van der Waals surface area contributed by atoms with Gasteiger partial charge in [-0.15, -0.1) is 34.0 Å².